The zero-order chi connectivity index (χ0) is 27.6. The van der Waals surface area contributed by atoms with Crippen LogP contribution in [0, 0.1) is 27.7 Å². The van der Waals surface area contributed by atoms with Gasteiger partial charge in [0.2, 0.25) is 0 Å². The molecule has 0 spiro atoms. The lowest BCUT2D eigenvalue weighted by Gasteiger charge is -2.16. The molecule has 40 heavy (non-hydrogen) atoms. The van der Waals surface area contributed by atoms with Crippen LogP contribution in [0.15, 0.2) is 127 Å². The predicted octanol–water partition coefficient (Wildman–Crippen LogP) is 10.4. The van der Waals surface area contributed by atoms with Gasteiger partial charge in [-0.25, -0.2) is 0 Å². The third-order valence-corrected chi connectivity index (χ3v) is 7.78. The highest BCUT2D eigenvalue weighted by molar-refractivity contribution is 6.02. The second-order valence-corrected chi connectivity index (χ2v) is 11.0. The summed E-state index contributed by atoms with van der Waals surface area (Å²) in [6.07, 6.45) is 0. The highest BCUT2D eigenvalue weighted by Gasteiger charge is 2.27. The van der Waals surface area contributed by atoms with Gasteiger partial charge in [-0.3, -0.25) is 0 Å². The first-order chi connectivity index (χ1) is 19.5. The molecule has 196 valence electrons. The Labute approximate surface area is 238 Å². The van der Waals surface area contributed by atoms with Crippen LogP contribution in [0.25, 0.3) is 44.8 Å². The predicted molar refractivity (Wildman–Crippen MR) is 171 cm³/mol. The molecule has 5 aromatic carbocycles. The first kappa shape index (κ1) is 25.6. The summed E-state index contributed by atoms with van der Waals surface area (Å²) in [5.41, 5.74) is 16.3. The smallest absolute Gasteiger partial charge is 0.0574 e. The number of aromatic nitrogens is 1. The Balaban J connectivity index is 1.78. The van der Waals surface area contributed by atoms with Crippen LogP contribution in [0.3, 0.4) is 0 Å². The first-order valence-electron chi connectivity index (χ1n) is 14.1. The summed E-state index contributed by atoms with van der Waals surface area (Å²) in [5, 5.41) is 0. The molecule has 0 fully saturated rings. The average Bonchev–Trinajstić information content (AvgIpc) is 3.29. The molecule has 1 nitrogen and oxygen atoms in total. The Morgan fingerprint density at radius 1 is 0.375 bits per heavy atom. The Morgan fingerprint density at radius 3 is 1.05 bits per heavy atom. The van der Waals surface area contributed by atoms with Crippen molar-refractivity contribution in [3.63, 3.8) is 0 Å². The number of rotatable bonds is 6. The van der Waals surface area contributed by atoms with Crippen LogP contribution in [-0.2, 0) is 6.54 Å². The van der Waals surface area contributed by atoms with E-state index >= 15 is 0 Å². The van der Waals surface area contributed by atoms with Crippen LogP contribution in [0.5, 0.6) is 0 Å². The van der Waals surface area contributed by atoms with Crippen molar-refractivity contribution in [3.05, 3.63) is 155 Å². The number of nitrogens with zero attached hydrogens (tertiary/aromatic N) is 1. The molecular weight excluding hydrogens is 482 g/mol. The van der Waals surface area contributed by atoms with Gasteiger partial charge >= 0.3 is 0 Å². The molecule has 0 bridgehead atoms. The van der Waals surface area contributed by atoms with Crippen molar-refractivity contribution in [3.8, 4) is 44.8 Å². The van der Waals surface area contributed by atoms with E-state index in [0.717, 1.165) is 6.54 Å². The summed E-state index contributed by atoms with van der Waals surface area (Å²) >= 11 is 0. The van der Waals surface area contributed by atoms with E-state index in [0.29, 0.717) is 0 Å². The molecule has 1 aromatic heterocycles. The third kappa shape index (κ3) is 5.03. The van der Waals surface area contributed by atoms with Crippen LogP contribution in [0.1, 0.15) is 27.8 Å². The molecule has 0 N–H and O–H groups in total. The van der Waals surface area contributed by atoms with Crippen LogP contribution < -0.4 is 0 Å². The molecule has 6 aromatic rings. The summed E-state index contributed by atoms with van der Waals surface area (Å²) in [6, 6.07) is 46.9. The zero-order valence-electron chi connectivity index (χ0n) is 23.8. The van der Waals surface area contributed by atoms with Crippen LogP contribution >= 0.6 is 0 Å². The summed E-state index contributed by atoms with van der Waals surface area (Å²) in [5.74, 6) is 0. The normalized spacial score (nSPS) is 11.1. The van der Waals surface area contributed by atoms with E-state index in [9.17, 15) is 0 Å². The second-order valence-electron chi connectivity index (χ2n) is 11.0. The maximum absolute atomic E-state index is 2.55. The van der Waals surface area contributed by atoms with Gasteiger partial charge in [-0.05, 0) is 55.5 Å². The van der Waals surface area contributed by atoms with Gasteiger partial charge in [0.05, 0.1) is 11.4 Å². The minimum absolute atomic E-state index is 0.776. The lowest BCUT2D eigenvalue weighted by Crippen LogP contribution is -2.04. The van der Waals surface area contributed by atoms with Crippen molar-refractivity contribution >= 4 is 0 Å². The van der Waals surface area contributed by atoms with Gasteiger partial charge in [0.25, 0.3) is 0 Å². The fourth-order valence-corrected chi connectivity index (χ4v) is 5.57. The average molecular weight is 518 g/mol. The molecule has 0 aliphatic rings. The van der Waals surface area contributed by atoms with E-state index in [1.807, 2.05) is 0 Å². The highest BCUT2D eigenvalue weighted by atomic mass is 15.0. The van der Waals surface area contributed by atoms with Crippen molar-refractivity contribution in [2.45, 2.75) is 34.2 Å². The molecule has 0 unspecified atom stereocenters. The van der Waals surface area contributed by atoms with Gasteiger partial charge in [-0.1, -0.05) is 150 Å². The maximum Gasteiger partial charge on any atom is 0.0574 e. The Kier molecular flexibility index (Phi) is 6.97. The van der Waals surface area contributed by atoms with E-state index in [2.05, 4.69) is 160 Å². The van der Waals surface area contributed by atoms with Gasteiger partial charge in [0.1, 0.15) is 0 Å². The summed E-state index contributed by atoms with van der Waals surface area (Å²) < 4.78 is 2.55. The molecule has 0 aliphatic heterocycles. The number of hydrogen-bond donors (Lipinski definition) is 0. The van der Waals surface area contributed by atoms with Crippen LogP contribution in [0.2, 0.25) is 0 Å². The van der Waals surface area contributed by atoms with E-state index in [4.69, 9.17) is 0 Å². The van der Waals surface area contributed by atoms with E-state index in [-0.39, 0.29) is 0 Å². The van der Waals surface area contributed by atoms with Gasteiger partial charge in [0.15, 0.2) is 0 Å². The molecule has 6 rings (SSSR count). The molecule has 0 saturated heterocycles. The molecule has 0 atom stereocenters. The highest BCUT2D eigenvalue weighted by Crippen LogP contribution is 2.49. The molecule has 0 aliphatic carbocycles. The van der Waals surface area contributed by atoms with E-state index in [1.54, 1.807) is 0 Å². The summed E-state index contributed by atoms with van der Waals surface area (Å²) in [4.78, 5) is 0. The quantitative estimate of drug-likeness (QED) is 0.207. The Hall–Kier alpha value is -4.62. The fourth-order valence-electron chi connectivity index (χ4n) is 5.57. The zero-order valence-corrected chi connectivity index (χ0v) is 23.8. The Bertz CT molecular complexity index is 1620. The van der Waals surface area contributed by atoms with E-state index < -0.39 is 0 Å². The number of hydrogen-bond acceptors (Lipinski definition) is 0. The largest absolute Gasteiger partial charge is 0.335 e. The van der Waals surface area contributed by atoms with Crippen LogP contribution in [-0.4, -0.2) is 4.57 Å². The standard InChI is InChI=1S/C39H35N/c1-27-10-18-32(19-11-27)36-37(33-20-12-28(2)13-21-33)39(35-24-16-30(4)17-25-35)40(26-31-8-6-5-7-9-31)38(36)34-22-14-29(3)15-23-34/h5-25H,26H2,1-4H3. The molecule has 0 saturated carbocycles. The van der Waals surface area contributed by atoms with Crippen molar-refractivity contribution in [1.29, 1.82) is 0 Å². The molecule has 0 radical (unpaired) electrons. The van der Waals surface area contributed by atoms with Gasteiger partial charge in [0, 0.05) is 17.7 Å². The molecule has 0 amide bonds. The molecule has 1 heterocycles. The van der Waals surface area contributed by atoms with Crippen molar-refractivity contribution < 1.29 is 0 Å². The monoisotopic (exact) mass is 517 g/mol. The lowest BCUT2D eigenvalue weighted by atomic mass is 9.90. The molecule has 1 heteroatoms. The van der Waals surface area contributed by atoms with Crippen molar-refractivity contribution in [2.75, 3.05) is 0 Å². The van der Waals surface area contributed by atoms with Crippen molar-refractivity contribution in [1.82, 2.24) is 4.57 Å². The fraction of sp³-hybridized carbons (Fsp3) is 0.128. The van der Waals surface area contributed by atoms with Gasteiger partial charge < -0.3 is 4.57 Å². The number of aryl methyl sites for hydroxylation is 4. The summed E-state index contributed by atoms with van der Waals surface area (Å²) in [7, 11) is 0. The molecular formula is C39H35N. The van der Waals surface area contributed by atoms with Crippen molar-refractivity contribution in [2.24, 2.45) is 0 Å². The topological polar surface area (TPSA) is 4.93 Å². The second kappa shape index (κ2) is 10.9. The SMILES string of the molecule is Cc1ccc(-c2c(-c3ccc(C)cc3)c(-c3ccc(C)cc3)n(Cc3ccccc3)c2-c2ccc(C)cc2)cc1. The Morgan fingerprint density at radius 2 is 0.700 bits per heavy atom. The van der Waals surface area contributed by atoms with Crippen LogP contribution in [0.4, 0.5) is 0 Å². The number of benzene rings is 5. The minimum atomic E-state index is 0.776. The maximum atomic E-state index is 2.55. The lowest BCUT2D eigenvalue weighted by molar-refractivity contribution is 0.823. The minimum Gasteiger partial charge on any atom is -0.335 e. The first-order valence-corrected chi connectivity index (χ1v) is 14.1. The summed E-state index contributed by atoms with van der Waals surface area (Å²) in [6.45, 7) is 9.40. The van der Waals surface area contributed by atoms with E-state index in [1.165, 1.54) is 72.6 Å². The van der Waals surface area contributed by atoms with Gasteiger partial charge in [-0.2, -0.15) is 0 Å². The van der Waals surface area contributed by atoms with Gasteiger partial charge in [-0.15, -0.1) is 0 Å². The third-order valence-electron chi connectivity index (χ3n) is 7.78.